The number of fused-ring (bicyclic) bond motifs is 3. The summed E-state index contributed by atoms with van der Waals surface area (Å²) in [5, 5.41) is 16.6. The normalized spacial score (nSPS) is 22.0. The molecule has 1 aliphatic carbocycles. The Labute approximate surface area is 178 Å². The molecule has 2 aliphatic rings. The van der Waals surface area contributed by atoms with Gasteiger partial charge in [-0.15, -0.1) is 0 Å². The van der Waals surface area contributed by atoms with E-state index in [1.54, 1.807) is 12.1 Å². The maximum atomic E-state index is 12.8. The minimum Gasteiger partial charge on any atom is -0.325 e. The van der Waals surface area contributed by atoms with Gasteiger partial charge in [-0.2, -0.15) is 5.10 Å². The second-order valence-corrected chi connectivity index (χ2v) is 9.74. The summed E-state index contributed by atoms with van der Waals surface area (Å²) >= 11 is 0. The quantitative estimate of drug-likeness (QED) is 0.462. The third kappa shape index (κ3) is 2.58. The van der Waals surface area contributed by atoms with Gasteiger partial charge in [0.15, 0.2) is 0 Å². The zero-order valence-electron chi connectivity index (χ0n) is 16.3. The number of H-pyrrole nitrogens is 1. The molecule has 31 heavy (non-hydrogen) atoms. The van der Waals surface area contributed by atoms with E-state index < -0.39 is 15.4 Å². The topological polar surface area (TPSA) is 118 Å². The lowest BCUT2D eigenvalue weighted by molar-refractivity contribution is -0.118. The minimum atomic E-state index is -3.80. The maximum absolute atomic E-state index is 12.8. The Morgan fingerprint density at radius 2 is 1.87 bits per heavy atom. The molecular formula is C23H18N4O3S. The Kier molecular flexibility index (Phi) is 3.56. The molecule has 2 atom stereocenters. The zero-order valence-corrected chi connectivity index (χ0v) is 17.1. The van der Waals surface area contributed by atoms with Gasteiger partial charge in [0.05, 0.1) is 21.5 Å². The number of nitrogens with zero attached hydrogens (tertiary/aromatic N) is 1. The van der Waals surface area contributed by atoms with Crippen LogP contribution in [0.4, 0.5) is 5.69 Å². The van der Waals surface area contributed by atoms with Crippen LogP contribution in [0.1, 0.15) is 23.5 Å². The number of para-hydroxylation sites is 1. The first-order chi connectivity index (χ1) is 14.9. The standard InChI is InChI=1S/C23H18N4O3S/c24-31(29,30)15-5-3-4-14(10-15)21-16-9-8-13(11-20(16)26-27-21)18-12-23(18)17-6-1-2-7-19(17)25-22(23)28/h1-11,18H,12H2,(H,25,28)(H,26,27)(H2,24,29,30)/t18-,23?/m0/s1. The van der Waals surface area contributed by atoms with Crippen molar-refractivity contribution in [3.05, 3.63) is 77.9 Å². The smallest absolute Gasteiger partial charge is 0.238 e. The number of nitrogens with two attached hydrogens (primary N) is 1. The molecule has 4 N–H and O–H groups in total. The predicted octanol–water partition coefficient (Wildman–Crippen LogP) is 3.25. The van der Waals surface area contributed by atoms with E-state index in [9.17, 15) is 13.2 Å². The molecule has 0 radical (unpaired) electrons. The third-order valence-corrected chi connectivity index (χ3v) is 7.36. The molecule has 1 saturated carbocycles. The molecule has 3 aromatic carbocycles. The van der Waals surface area contributed by atoms with E-state index in [4.69, 9.17) is 5.14 Å². The highest BCUT2D eigenvalue weighted by molar-refractivity contribution is 7.89. The van der Waals surface area contributed by atoms with Crippen molar-refractivity contribution in [2.75, 3.05) is 5.32 Å². The van der Waals surface area contributed by atoms with E-state index in [2.05, 4.69) is 15.5 Å². The molecule has 1 unspecified atom stereocenters. The first-order valence-corrected chi connectivity index (χ1v) is 11.4. The summed E-state index contributed by atoms with van der Waals surface area (Å²) in [5.74, 6) is 0.168. The molecule has 6 rings (SSSR count). The molecule has 0 saturated heterocycles. The summed E-state index contributed by atoms with van der Waals surface area (Å²) in [5.41, 5.74) is 4.70. The number of carbonyl (C=O) groups is 1. The fourth-order valence-corrected chi connectivity index (χ4v) is 5.41. The van der Waals surface area contributed by atoms with E-state index in [0.717, 1.165) is 34.1 Å². The van der Waals surface area contributed by atoms with Crippen molar-refractivity contribution in [1.29, 1.82) is 0 Å². The van der Waals surface area contributed by atoms with Crippen LogP contribution in [0.3, 0.4) is 0 Å². The summed E-state index contributed by atoms with van der Waals surface area (Å²) in [6.45, 7) is 0. The lowest BCUT2D eigenvalue weighted by atomic mass is 9.91. The van der Waals surface area contributed by atoms with Crippen LogP contribution in [0.2, 0.25) is 0 Å². The number of nitrogens with one attached hydrogen (secondary N) is 2. The Hall–Kier alpha value is -3.49. The second-order valence-electron chi connectivity index (χ2n) is 8.18. The SMILES string of the molecule is NS(=O)(=O)c1cccc(-c2n[nH]c3cc([C@@H]4CC45C(=O)Nc4ccccc45)ccc23)c1. The number of anilines is 1. The van der Waals surface area contributed by atoms with E-state index in [0.29, 0.717) is 11.3 Å². The zero-order chi connectivity index (χ0) is 21.4. The lowest BCUT2D eigenvalue weighted by Gasteiger charge is -2.09. The van der Waals surface area contributed by atoms with Gasteiger partial charge in [0.25, 0.3) is 0 Å². The predicted molar refractivity (Wildman–Crippen MR) is 117 cm³/mol. The number of hydrogen-bond donors (Lipinski definition) is 3. The number of aromatic amines is 1. The van der Waals surface area contributed by atoms with Crippen molar-refractivity contribution in [2.24, 2.45) is 5.14 Å². The van der Waals surface area contributed by atoms with E-state index >= 15 is 0 Å². The first-order valence-electron chi connectivity index (χ1n) is 9.90. The van der Waals surface area contributed by atoms with Gasteiger partial charge in [-0.1, -0.05) is 42.5 Å². The molecule has 1 fully saturated rings. The van der Waals surface area contributed by atoms with Crippen LogP contribution in [0, 0.1) is 0 Å². The number of amides is 1. The molecule has 1 spiro atoms. The van der Waals surface area contributed by atoms with Gasteiger partial charge in [0.1, 0.15) is 0 Å². The number of aromatic nitrogens is 2. The van der Waals surface area contributed by atoms with Crippen LogP contribution in [-0.4, -0.2) is 24.5 Å². The summed E-state index contributed by atoms with van der Waals surface area (Å²) in [4.78, 5) is 12.8. The highest BCUT2D eigenvalue weighted by Crippen LogP contribution is 2.65. The van der Waals surface area contributed by atoms with Crippen molar-refractivity contribution in [1.82, 2.24) is 10.2 Å². The average Bonchev–Trinajstić information content (AvgIpc) is 3.27. The molecule has 8 heteroatoms. The third-order valence-electron chi connectivity index (χ3n) is 6.45. The summed E-state index contributed by atoms with van der Waals surface area (Å²) in [7, 11) is -3.80. The van der Waals surface area contributed by atoms with Crippen LogP contribution in [0.5, 0.6) is 0 Å². The van der Waals surface area contributed by atoms with Crippen molar-refractivity contribution in [2.45, 2.75) is 22.6 Å². The number of benzene rings is 3. The molecule has 0 bridgehead atoms. The van der Waals surface area contributed by atoms with Gasteiger partial charge in [-0.3, -0.25) is 9.89 Å². The number of carbonyl (C=O) groups excluding carboxylic acids is 1. The Balaban J connectivity index is 1.39. The average molecular weight is 430 g/mol. The van der Waals surface area contributed by atoms with Gasteiger partial charge < -0.3 is 5.32 Å². The van der Waals surface area contributed by atoms with Gasteiger partial charge >= 0.3 is 0 Å². The summed E-state index contributed by atoms with van der Waals surface area (Å²) < 4.78 is 23.4. The van der Waals surface area contributed by atoms with Crippen LogP contribution in [0.25, 0.3) is 22.2 Å². The molecule has 7 nitrogen and oxygen atoms in total. The van der Waals surface area contributed by atoms with Gasteiger partial charge in [-0.05, 0) is 41.8 Å². The molecule has 2 heterocycles. The van der Waals surface area contributed by atoms with E-state index in [1.807, 2.05) is 42.5 Å². The van der Waals surface area contributed by atoms with Crippen molar-refractivity contribution in [3.8, 4) is 11.3 Å². The second kappa shape index (κ2) is 6.03. The fourth-order valence-electron chi connectivity index (χ4n) is 4.85. The highest BCUT2D eigenvalue weighted by Gasteiger charge is 2.65. The van der Waals surface area contributed by atoms with E-state index in [-0.39, 0.29) is 16.7 Å². The monoisotopic (exact) mass is 430 g/mol. The fraction of sp³-hybridized carbons (Fsp3) is 0.130. The Morgan fingerprint density at radius 1 is 1.03 bits per heavy atom. The number of hydrogen-bond acceptors (Lipinski definition) is 4. The van der Waals surface area contributed by atoms with Crippen LogP contribution in [-0.2, 0) is 20.2 Å². The van der Waals surface area contributed by atoms with Crippen molar-refractivity contribution < 1.29 is 13.2 Å². The summed E-state index contributed by atoms with van der Waals surface area (Å²) in [6, 6.07) is 20.3. The van der Waals surface area contributed by atoms with Crippen LogP contribution in [0.15, 0.2) is 71.6 Å². The van der Waals surface area contributed by atoms with Crippen LogP contribution < -0.4 is 10.5 Å². The molecular weight excluding hydrogens is 412 g/mol. The minimum absolute atomic E-state index is 0.0450. The Morgan fingerprint density at radius 3 is 2.71 bits per heavy atom. The lowest BCUT2D eigenvalue weighted by Crippen LogP contribution is -2.20. The molecule has 154 valence electrons. The van der Waals surface area contributed by atoms with Gasteiger partial charge in [0.2, 0.25) is 15.9 Å². The van der Waals surface area contributed by atoms with Crippen molar-refractivity contribution in [3.63, 3.8) is 0 Å². The molecule has 1 amide bonds. The number of primary sulfonamides is 1. The maximum Gasteiger partial charge on any atom is 0.238 e. The largest absolute Gasteiger partial charge is 0.325 e. The molecule has 1 aliphatic heterocycles. The van der Waals surface area contributed by atoms with Crippen LogP contribution >= 0.6 is 0 Å². The molecule has 1 aromatic heterocycles. The molecule has 4 aromatic rings. The number of rotatable bonds is 3. The van der Waals surface area contributed by atoms with Gasteiger partial charge in [-0.25, -0.2) is 13.6 Å². The van der Waals surface area contributed by atoms with Gasteiger partial charge in [0, 0.05) is 22.6 Å². The number of sulfonamides is 1. The van der Waals surface area contributed by atoms with E-state index in [1.165, 1.54) is 12.1 Å². The summed E-state index contributed by atoms with van der Waals surface area (Å²) in [6.07, 6.45) is 0.777. The first kappa shape index (κ1) is 18.3. The Bertz CT molecular complexity index is 1510. The highest BCUT2D eigenvalue weighted by atomic mass is 32.2. The van der Waals surface area contributed by atoms with Crippen molar-refractivity contribution >= 4 is 32.5 Å².